The van der Waals surface area contributed by atoms with E-state index in [9.17, 15) is 0 Å². The van der Waals surface area contributed by atoms with E-state index in [0.717, 1.165) is 5.69 Å². The molecule has 0 bridgehead atoms. The quantitative estimate of drug-likeness (QED) is 0.690. The van der Waals surface area contributed by atoms with Gasteiger partial charge < -0.3 is 10.3 Å². The zero-order valence-electron chi connectivity index (χ0n) is 7.45. The van der Waals surface area contributed by atoms with Crippen molar-refractivity contribution in [3.63, 3.8) is 0 Å². The zero-order valence-corrected chi connectivity index (χ0v) is 7.45. The highest BCUT2D eigenvalue weighted by atomic mass is 15.2. The molecule has 3 heteroatoms. The van der Waals surface area contributed by atoms with E-state index in [1.165, 1.54) is 25.7 Å². The van der Waals surface area contributed by atoms with Gasteiger partial charge in [0.1, 0.15) is 0 Å². The summed E-state index contributed by atoms with van der Waals surface area (Å²) in [4.78, 5) is 4.20. The Morgan fingerprint density at radius 2 is 2.17 bits per heavy atom. The number of anilines is 1. The molecule has 1 aromatic rings. The highest BCUT2D eigenvalue weighted by Crippen LogP contribution is 2.31. The Kier molecular flexibility index (Phi) is 1.79. The van der Waals surface area contributed by atoms with Crippen LogP contribution in [0.25, 0.3) is 0 Å². The fraction of sp³-hybridized carbons (Fsp3) is 0.667. The molecule has 12 heavy (non-hydrogen) atoms. The highest BCUT2D eigenvalue weighted by Gasteiger charge is 2.18. The van der Waals surface area contributed by atoms with Crippen LogP contribution < -0.4 is 5.73 Å². The molecule has 0 atom stereocenters. The number of hydrogen-bond donors (Lipinski definition) is 1. The molecule has 1 saturated carbocycles. The Morgan fingerprint density at radius 1 is 1.50 bits per heavy atom. The third kappa shape index (κ3) is 1.19. The standard InChI is InChI=1S/C9H15N3/c1-7-6-12(9(10)11-7)8-4-2-3-5-8/h6,8H,2-5H2,1H3,(H2,10,11). The maximum absolute atomic E-state index is 5.77. The highest BCUT2D eigenvalue weighted by molar-refractivity contribution is 5.22. The van der Waals surface area contributed by atoms with Crippen molar-refractivity contribution in [3.05, 3.63) is 11.9 Å². The first kappa shape index (κ1) is 7.65. The number of aryl methyl sites for hydroxylation is 1. The van der Waals surface area contributed by atoms with Gasteiger partial charge in [-0.3, -0.25) is 0 Å². The van der Waals surface area contributed by atoms with E-state index >= 15 is 0 Å². The lowest BCUT2D eigenvalue weighted by Crippen LogP contribution is -2.07. The van der Waals surface area contributed by atoms with E-state index in [0.29, 0.717) is 12.0 Å². The molecule has 0 radical (unpaired) electrons. The SMILES string of the molecule is Cc1cn(C2CCCC2)c(N)n1. The molecule has 0 amide bonds. The van der Waals surface area contributed by atoms with Gasteiger partial charge in [-0.2, -0.15) is 0 Å². The molecule has 0 saturated heterocycles. The lowest BCUT2D eigenvalue weighted by atomic mass is 10.2. The van der Waals surface area contributed by atoms with Crippen LogP contribution in [0, 0.1) is 6.92 Å². The van der Waals surface area contributed by atoms with Crippen molar-refractivity contribution < 1.29 is 0 Å². The molecular weight excluding hydrogens is 150 g/mol. The van der Waals surface area contributed by atoms with Gasteiger partial charge in [-0.15, -0.1) is 0 Å². The summed E-state index contributed by atoms with van der Waals surface area (Å²) >= 11 is 0. The van der Waals surface area contributed by atoms with Gasteiger partial charge in [-0.25, -0.2) is 4.98 Å². The lowest BCUT2D eigenvalue weighted by molar-refractivity contribution is 0.525. The largest absolute Gasteiger partial charge is 0.369 e. The Hall–Kier alpha value is -0.990. The summed E-state index contributed by atoms with van der Waals surface area (Å²) in [6.07, 6.45) is 7.26. The summed E-state index contributed by atoms with van der Waals surface area (Å²) in [6, 6.07) is 0.617. The average molecular weight is 165 g/mol. The lowest BCUT2D eigenvalue weighted by Gasteiger charge is -2.11. The van der Waals surface area contributed by atoms with Crippen LogP contribution in [-0.4, -0.2) is 9.55 Å². The van der Waals surface area contributed by atoms with Crippen LogP contribution in [0.3, 0.4) is 0 Å². The van der Waals surface area contributed by atoms with E-state index in [4.69, 9.17) is 5.73 Å². The number of aromatic nitrogens is 2. The Morgan fingerprint density at radius 3 is 2.67 bits per heavy atom. The Balaban J connectivity index is 2.25. The summed E-state index contributed by atoms with van der Waals surface area (Å²) in [6.45, 7) is 1.99. The van der Waals surface area contributed by atoms with Crippen molar-refractivity contribution in [2.24, 2.45) is 0 Å². The monoisotopic (exact) mass is 165 g/mol. The van der Waals surface area contributed by atoms with Crippen molar-refractivity contribution in [1.29, 1.82) is 0 Å². The number of nitrogen functional groups attached to an aromatic ring is 1. The van der Waals surface area contributed by atoms with Crippen LogP contribution in [0.1, 0.15) is 37.4 Å². The molecule has 66 valence electrons. The third-order valence-corrected chi connectivity index (χ3v) is 2.60. The first-order valence-corrected chi connectivity index (χ1v) is 4.58. The number of nitrogens with zero attached hydrogens (tertiary/aromatic N) is 2. The van der Waals surface area contributed by atoms with Crippen LogP contribution >= 0.6 is 0 Å². The molecule has 3 nitrogen and oxygen atoms in total. The third-order valence-electron chi connectivity index (χ3n) is 2.60. The second-order valence-corrected chi connectivity index (χ2v) is 3.59. The predicted octanol–water partition coefficient (Wildman–Crippen LogP) is 1.89. The average Bonchev–Trinajstić information content (AvgIpc) is 2.58. The van der Waals surface area contributed by atoms with Crippen LogP contribution in [0.4, 0.5) is 5.95 Å². The van der Waals surface area contributed by atoms with E-state index in [-0.39, 0.29) is 0 Å². The first-order chi connectivity index (χ1) is 5.77. The molecular formula is C9H15N3. The fourth-order valence-corrected chi connectivity index (χ4v) is 2.01. The normalized spacial score (nSPS) is 18.8. The Bertz CT molecular complexity index is 271. The fourth-order valence-electron chi connectivity index (χ4n) is 2.01. The van der Waals surface area contributed by atoms with Crippen LogP contribution in [-0.2, 0) is 0 Å². The van der Waals surface area contributed by atoms with Crippen molar-refractivity contribution in [3.8, 4) is 0 Å². The van der Waals surface area contributed by atoms with E-state index in [1.807, 2.05) is 6.92 Å². The van der Waals surface area contributed by atoms with Gasteiger partial charge in [0.2, 0.25) is 5.95 Å². The minimum atomic E-state index is 0.617. The second-order valence-electron chi connectivity index (χ2n) is 3.59. The van der Waals surface area contributed by atoms with Crippen molar-refractivity contribution in [1.82, 2.24) is 9.55 Å². The predicted molar refractivity (Wildman–Crippen MR) is 48.9 cm³/mol. The van der Waals surface area contributed by atoms with Gasteiger partial charge in [-0.05, 0) is 19.8 Å². The van der Waals surface area contributed by atoms with E-state index in [2.05, 4.69) is 15.7 Å². The second kappa shape index (κ2) is 2.81. The maximum atomic E-state index is 5.77. The molecule has 1 aliphatic carbocycles. The molecule has 0 spiro atoms. The van der Waals surface area contributed by atoms with Gasteiger partial charge in [0, 0.05) is 12.2 Å². The number of imidazole rings is 1. The molecule has 0 unspecified atom stereocenters. The summed E-state index contributed by atoms with van der Waals surface area (Å²) in [5, 5.41) is 0. The van der Waals surface area contributed by atoms with Crippen LogP contribution in [0.15, 0.2) is 6.20 Å². The molecule has 2 N–H and O–H groups in total. The molecule has 1 fully saturated rings. The smallest absolute Gasteiger partial charge is 0.200 e. The molecule has 2 rings (SSSR count). The summed E-state index contributed by atoms with van der Waals surface area (Å²) in [7, 11) is 0. The maximum Gasteiger partial charge on any atom is 0.200 e. The number of nitrogens with two attached hydrogens (primary N) is 1. The number of rotatable bonds is 1. The minimum absolute atomic E-state index is 0.617. The minimum Gasteiger partial charge on any atom is -0.369 e. The van der Waals surface area contributed by atoms with E-state index in [1.54, 1.807) is 0 Å². The first-order valence-electron chi connectivity index (χ1n) is 4.58. The summed E-state index contributed by atoms with van der Waals surface area (Å²) in [5.41, 5.74) is 6.80. The van der Waals surface area contributed by atoms with Crippen molar-refractivity contribution >= 4 is 5.95 Å². The molecule has 1 aliphatic rings. The topological polar surface area (TPSA) is 43.8 Å². The summed E-state index contributed by atoms with van der Waals surface area (Å²) < 4.78 is 2.13. The van der Waals surface area contributed by atoms with Crippen LogP contribution in [0.2, 0.25) is 0 Å². The van der Waals surface area contributed by atoms with Crippen molar-refractivity contribution in [2.45, 2.75) is 38.6 Å². The Labute approximate surface area is 72.6 Å². The van der Waals surface area contributed by atoms with Gasteiger partial charge in [0.25, 0.3) is 0 Å². The molecule has 0 aromatic carbocycles. The number of hydrogen-bond acceptors (Lipinski definition) is 2. The van der Waals surface area contributed by atoms with Gasteiger partial charge >= 0.3 is 0 Å². The van der Waals surface area contributed by atoms with Crippen LogP contribution in [0.5, 0.6) is 0 Å². The molecule has 0 aliphatic heterocycles. The van der Waals surface area contributed by atoms with E-state index < -0.39 is 0 Å². The summed E-state index contributed by atoms with van der Waals surface area (Å²) in [5.74, 6) is 0.680. The van der Waals surface area contributed by atoms with Crippen molar-refractivity contribution in [2.75, 3.05) is 5.73 Å². The van der Waals surface area contributed by atoms with Gasteiger partial charge in [0.15, 0.2) is 0 Å². The molecule has 1 aromatic heterocycles. The van der Waals surface area contributed by atoms with Gasteiger partial charge in [0.05, 0.1) is 5.69 Å². The molecule has 1 heterocycles. The van der Waals surface area contributed by atoms with Gasteiger partial charge in [-0.1, -0.05) is 12.8 Å². The zero-order chi connectivity index (χ0) is 8.55.